The molecule has 0 saturated heterocycles. The van der Waals surface area contributed by atoms with Gasteiger partial charge in [-0.2, -0.15) is 0 Å². The van der Waals surface area contributed by atoms with Gasteiger partial charge in [0.25, 0.3) is 0 Å². The van der Waals surface area contributed by atoms with Gasteiger partial charge in [0.05, 0.1) is 5.41 Å². The molecule has 0 amide bonds. The van der Waals surface area contributed by atoms with Crippen LogP contribution in [0.25, 0.3) is 16.7 Å². The fraction of sp³-hybridized carbons (Fsp3) is 0.0833. The van der Waals surface area contributed by atoms with Gasteiger partial charge in [-0.05, 0) is 51.5 Å². The van der Waals surface area contributed by atoms with Crippen LogP contribution in [0.2, 0.25) is 0 Å². The summed E-state index contributed by atoms with van der Waals surface area (Å²) in [7, 11) is 0. The third-order valence-corrected chi connectivity index (χ3v) is 5.64. The van der Waals surface area contributed by atoms with Crippen molar-refractivity contribution in [3.05, 3.63) is 113 Å². The number of hydrogen-bond acceptors (Lipinski definition) is 0. The number of allylic oxidation sites excluding steroid dienone is 3. The second-order valence-corrected chi connectivity index (χ2v) is 6.57. The molecule has 0 heteroatoms. The lowest BCUT2D eigenvalue weighted by atomic mass is 9.71. The fourth-order valence-electron chi connectivity index (χ4n) is 4.75. The molecule has 3 aromatic rings. The molecule has 0 nitrogen and oxygen atoms in total. The molecule has 0 radical (unpaired) electrons. The van der Waals surface area contributed by atoms with Gasteiger partial charge in [0.15, 0.2) is 0 Å². The van der Waals surface area contributed by atoms with E-state index in [1.54, 1.807) is 0 Å². The summed E-state index contributed by atoms with van der Waals surface area (Å²) in [5, 5.41) is 0. The Hall–Kier alpha value is -2.86. The molecule has 0 fully saturated rings. The number of benzene rings is 3. The van der Waals surface area contributed by atoms with E-state index in [0.717, 1.165) is 0 Å². The first kappa shape index (κ1) is 13.6. The first-order valence-corrected chi connectivity index (χ1v) is 8.45. The summed E-state index contributed by atoms with van der Waals surface area (Å²) in [6.45, 7) is 6.70. The Morgan fingerprint density at radius 3 is 1.58 bits per heavy atom. The third kappa shape index (κ3) is 1.36. The van der Waals surface area contributed by atoms with Gasteiger partial charge in [-0.15, -0.1) is 0 Å². The molecule has 5 rings (SSSR count). The Labute approximate surface area is 142 Å². The second kappa shape index (κ2) is 4.58. The summed E-state index contributed by atoms with van der Waals surface area (Å²) in [4.78, 5) is 0. The molecule has 0 unspecified atom stereocenters. The van der Waals surface area contributed by atoms with Crippen molar-refractivity contribution in [1.29, 1.82) is 0 Å². The predicted octanol–water partition coefficient (Wildman–Crippen LogP) is 5.97. The molecule has 0 bridgehead atoms. The Kier molecular flexibility index (Phi) is 2.59. The number of hydrogen-bond donors (Lipinski definition) is 0. The van der Waals surface area contributed by atoms with Crippen molar-refractivity contribution in [2.45, 2.75) is 12.3 Å². The van der Waals surface area contributed by atoms with Crippen LogP contribution in [0.1, 0.15) is 29.2 Å². The molecule has 0 heterocycles. The van der Waals surface area contributed by atoms with Gasteiger partial charge in [0.1, 0.15) is 0 Å². The van der Waals surface area contributed by atoms with Crippen molar-refractivity contribution < 1.29 is 0 Å². The standard InChI is InChI=1S/C24H18/c1-3-17-16(2)24(21-13-7-4-10-18(17)21)22-14-8-5-11-19(22)20-12-6-9-15-23(20)24/h3-15H,2H2,1H3/b17-3+. The number of rotatable bonds is 0. The van der Waals surface area contributed by atoms with Gasteiger partial charge in [0.2, 0.25) is 0 Å². The van der Waals surface area contributed by atoms with E-state index in [4.69, 9.17) is 0 Å². The van der Waals surface area contributed by atoms with E-state index >= 15 is 0 Å². The summed E-state index contributed by atoms with van der Waals surface area (Å²) in [5.74, 6) is 0. The van der Waals surface area contributed by atoms with Gasteiger partial charge < -0.3 is 0 Å². The minimum absolute atomic E-state index is 0.244. The molecule has 2 aliphatic rings. The smallest absolute Gasteiger partial charge is 0.0719 e. The molecule has 2 aliphatic carbocycles. The highest BCUT2D eigenvalue weighted by molar-refractivity contribution is 5.99. The van der Waals surface area contributed by atoms with Crippen molar-refractivity contribution in [2.24, 2.45) is 0 Å². The highest BCUT2D eigenvalue weighted by atomic mass is 14.5. The summed E-state index contributed by atoms with van der Waals surface area (Å²) >= 11 is 0. The molecule has 3 aromatic carbocycles. The summed E-state index contributed by atoms with van der Waals surface area (Å²) in [6, 6.07) is 26.4. The van der Waals surface area contributed by atoms with Crippen LogP contribution in [0.3, 0.4) is 0 Å². The zero-order valence-electron chi connectivity index (χ0n) is 13.7. The average molecular weight is 306 g/mol. The van der Waals surface area contributed by atoms with E-state index in [1.165, 1.54) is 44.5 Å². The lowest BCUT2D eigenvalue weighted by Gasteiger charge is -2.30. The molecule has 0 atom stereocenters. The Morgan fingerprint density at radius 1 is 0.667 bits per heavy atom. The largest absolute Gasteiger partial charge is 0.0936 e. The normalized spacial score (nSPS) is 17.9. The Balaban J connectivity index is 2.01. The van der Waals surface area contributed by atoms with Crippen molar-refractivity contribution in [1.82, 2.24) is 0 Å². The summed E-state index contributed by atoms with van der Waals surface area (Å²) in [6.07, 6.45) is 2.21. The molecule has 0 aromatic heterocycles. The second-order valence-electron chi connectivity index (χ2n) is 6.57. The van der Waals surface area contributed by atoms with Crippen LogP contribution in [0.5, 0.6) is 0 Å². The van der Waals surface area contributed by atoms with E-state index < -0.39 is 0 Å². The van der Waals surface area contributed by atoms with Gasteiger partial charge in [-0.3, -0.25) is 0 Å². The Morgan fingerprint density at radius 2 is 1.08 bits per heavy atom. The van der Waals surface area contributed by atoms with Gasteiger partial charge in [0, 0.05) is 0 Å². The lowest BCUT2D eigenvalue weighted by Crippen LogP contribution is -2.25. The van der Waals surface area contributed by atoms with Crippen LogP contribution in [0.15, 0.2) is 91.0 Å². The Bertz CT molecular complexity index is 988. The van der Waals surface area contributed by atoms with Crippen molar-refractivity contribution in [2.75, 3.05) is 0 Å². The molecule has 114 valence electrons. The molecule has 0 N–H and O–H groups in total. The molecule has 0 saturated carbocycles. The zero-order valence-corrected chi connectivity index (χ0v) is 13.7. The van der Waals surface area contributed by atoms with Gasteiger partial charge in [-0.25, -0.2) is 0 Å². The maximum atomic E-state index is 4.59. The van der Waals surface area contributed by atoms with Crippen molar-refractivity contribution >= 4 is 5.57 Å². The molecule has 1 spiro atoms. The van der Waals surface area contributed by atoms with E-state index in [-0.39, 0.29) is 5.41 Å². The SMILES string of the molecule is C=C1/C(=C\C)c2ccccc2C12c1ccccc1-c1ccccc12. The molecular weight excluding hydrogens is 288 g/mol. The van der Waals surface area contributed by atoms with Crippen molar-refractivity contribution in [3.63, 3.8) is 0 Å². The third-order valence-electron chi connectivity index (χ3n) is 5.64. The highest BCUT2D eigenvalue weighted by Gasteiger charge is 2.52. The maximum Gasteiger partial charge on any atom is 0.0719 e. The summed E-state index contributed by atoms with van der Waals surface area (Å²) in [5.41, 5.74) is 10.3. The van der Waals surface area contributed by atoms with Crippen LogP contribution < -0.4 is 0 Å². The van der Waals surface area contributed by atoms with Crippen LogP contribution >= 0.6 is 0 Å². The van der Waals surface area contributed by atoms with E-state index in [0.29, 0.717) is 0 Å². The highest BCUT2D eigenvalue weighted by Crippen LogP contribution is 2.62. The average Bonchev–Trinajstić information content (AvgIpc) is 3.08. The fourth-order valence-corrected chi connectivity index (χ4v) is 4.75. The van der Waals surface area contributed by atoms with E-state index in [9.17, 15) is 0 Å². The molecular formula is C24H18. The van der Waals surface area contributed by atoms with Gasteiger partial charge >= 0.3 is 0 Å². The van der Waals surface area contributed by atoms with Crippen LogP contribution in [-0.4, -0.2) is 0 Å². The van der Waals surface area contributed by atoms with E-state index in [1.807, 2.05) is 0 Å². The van der Waals surface area contributed by atoms with Crippen molar-refractivity contribution in [3.8, 4) is 11.1 Å². The molecule has 24 heavy (non-hydrogen) atoms. The van der Waals surface area contributed by atoms with Crippen LogP contribution in [0, 0.1) is 0 Å². The van der Waals surface area contributed by atoms with E-state index in [2.05, 4.69) is 92.4 Å². The van der Waals surface area contributed by atoms with Gasteiger partial charge in [-0.1, -0.05) is 85.5 Å². The minimum Gasteiger partial charge on any atom is -0.0936 e. The predicted molar refractivity (Wildman–Crippen MR) is 101 cm³/mol. The molecule has 0 aliphatic heterocycles. The number of fused-ring (bicyclic) bond motifs is 7. The maximum absolute atomic E-state index is 4.59. The first-order valence-electron chi connectivity index (χ1n) is 8.45. The lowest BCUT2D eigenvalue weighted by molar-refractivity contribution is 0.797. The topological polar surface area (TPSA) is 0 Å². The quantitative estimate of drug-likeness (QED) is 0.479. The van der Waals surface area contributed by atoms with Crippen LogP contribution in [0.4, 0.5) is 0 Å². The first-order chi connectivity index (χ1) is 11.8. The minimum atomic E-state index is -0.244. The van der Waals surface area contributed by atoms with Crippen LogP contribution in [-0.2, 0) is 5.41 Å². The zero-order chi connectivity index (χ0) is 16.3. The summed E-state index contributed by atoms with van der Waals surface area (Å²) < 4.78 is 0. The monoisotopic (exact) mass is 306 g/mol.